The van der Waals surface area contributed by atoms with E-state index in [1.54, 1.807) is 6.07 Å². The van der Waals surface area contributed by atoms with Crippen molar-refractivity contribution in [1.82, 2.24) is 4.90 Å². The van der Waals surface area contributed by atoms with E-state index in [1.807, 2.05) is 42.5 Å². The number of benzene rings is 3. The molecule has 3 aromatic rings. The van der Waals surface area contributed by atoms with E-state index in [9.17, 15) is 5.11 Å². The first-order valence-corrected chi connectivity index (χ1v) is 9.22. The molecule has 1 saturated heterocycles. The van der Waals surface area contributed by atoms with Gasteiger partial charge in [0.1, 0.15) is 5.75 Å². The molecule has 3 heteroatoms. The predicted molar refractivity (Wildman–Crippen MR) is 104 cm³/mol. The molecule has 0 aromatic heterocycles. The summed E-state index contributed by atoms with van der Waals surface area (Å²) in [6.45, 7) is 2.04. The maximum Gasteiger partial charge on any atom is 0.121 e. The fourth-order valence-electron chi connectivity index (χ4n) is 4.05. The molecule has 0 aliphatic carbocycles. The number of hydrogen-bond acceptors (Lipinski definition) is 3. The Bertz CT molecular complexity index is 950. The molecule has 1 fully saturated rings. The summed E-state index contributed by atoms with van der Waals surface area (Å²) in [7, 11) is 0. The Balaban J connectivity index is 1.90. The summed E-state index contributed by atoms with van der Waals surface area (Å²) in [5.74, 6) is 0.337. The molecule has 1 N–H and O–H groups in total. The molecule has 0 spiro atoms. The van der Waals surface area contributed by atoms with Crippen LogP contribution in [-0.4, -0.2) is 23.1 Å². The Morgan fingerprint density at radius 1 is 0.885 bits per heavy atom. The second-order valence-corrected chi connectivity index (χ2v) is 6.95. The Hall–Kier alpha value is -2.83. The Kier molecular flexibility index (Phi) is 4.60. The van der Waals surface area contributed by atoms with E-state index >= 15 is 0 Å². The molecule has 1 atom stereocenters. The van der Waals surface area contributed by atoms with Gasteiger partial charge in [0.25, 0.3) is 0 Å². The Morgan fingerprint density at radius 3 is 2.35 bits per heavy atom. The summed E-state index contributed by atoms with van der Waals surface area (Å²) in [5, 5.41) is 22.1. The van der Waals surface area contributed by atoms with Gasteiger partial charge in [0, 0.05) is 5.56 Å². The largest absolute Gasteiger partial charge is 0.508 e. The van der Waals surface area contributed by atoms with E-state index in [2.05, 4.69) is 23.1 Å². The van der Waals surface area contributed by atoms with Gasteiger partial charge < -0.3 is 5.11 Å². The fourth-order valence-corrected chi connectivity index (χ4v) is 4.05. The second-order valence-electron chi connectivity index (χ2n) is 6.95. The molecule has 0 saturated carbocycles. The quantitative estimate of drug-likeness (QED) is 0.729. The van der Waals surface area contributed by atoms with E-state index in [1.165, 1.54) is 19.3 Å². The summed E-state index contributed by atoms with van der Waals surface area (Å²) in [5.41, 5.74) is 2.75. The van der Waals surface area contributed by atoms with Gasteiger partial charge in [-0.25, -0.2) is 0 Å². The monoisotopic (exact) mass is 342 g/mol. The molecule has 130 valence electrons. The van der Waals surface area contributed by atoms with E-state index in [0.717, 1.165) is 35.0 Å². The first kappa shape index (κ1) is 16.6. The Labute approximate surface area is 154 Å². The minimum Gasteiger partial charge on any atom is -0.508 e. The van der Waals surface area contributed by atoms with Crippen LogP contribution in [0.3, 0.4) is 0 Å². The lowest BCUT2D eigenvalue weighted by molar-refractivity contribution is 0.186. The first-order valence-electron chi connectivity index (χ1n) is 9.22. The summed E-state index contributed by atoms with van der Waals surface area (Å²) in [4.78, 5) is 2.46. The lowest BCUT2D eigenvalue weighted by atomic mass is 9.90. The van der Waals surface area contributed by atoms with Crippen LogP contribution in [0.1, 0.15) is 42.0 Å². The van der Waals surface area contributed by atoms with Crippen molar-refractivity contribution in [2.24, 2.45) is 0 Å². The van der Waals surface area contributed by atoms with Crippen LogP contribution in [0, 0.1) is 11.3 Å². The van der Waals surface area contributed by atoms with Gasteiger partial charge in [-0.3, -0.25) is 4.90 Å². The number of hydrogen-bond donors (Lipinski definition) is 1. The summed E-state index contributed by atoms with van der Waals surface area (Å²) in [6, 6.07) is 22.0. The molecule has 0 bridgehead atoms. The number of aromatic hydroxyl groups is 1. The van der Waals surface area contributed by atoms with Gasteiger partial charge in [-0.2, -0.15) is 5.26 Å². The maximum atomic E-state index is 10.8. The molecule has 1 heterocycles. The molecule has 3 nitrogen and oxygen atoms in total. The van der Waals surface area contributed by atoms with Crippen LogP contribution in [-0.2, 0) is 0 Å². The third-order valence-electron chi connectivity index (χ3n) is 5.33. The highest BCUT2D eigenvalue weighted by Crippen LogP contribution is 2.40. The summed E-state index contributed by atoms with van der Waals surface area (Å²) in [6.07, 6.45) is 3.62. The van der Waals surface area contributed by atoms with Gasteiger partial charge in [-0.05, 0) is 60.5 Å². The summed E-state index contributed by atoms with van der Waals surface area (Å²) < 4.78 is 0. The molecule has 4 rings (SSSR count). The zero-order chi connectivity index (χ0) is 17.9. The highest BCUT2D eigenvalue weighted by molar-refractivity contribution is 5.88. The van der Waals surface area contributed by atoms with Gasteiger partial charge in [-0.15, -0.1) is 0 Å². The number of likely N-dealkylation sites (tertiary alicyclic amines) is 1. The van der Waals surface area contributed by atoms with Crippen molar-refractivity contribution in [2.45, 2.75) is 25.3 Å². The van der Waals surface area contributed by atoms with Crippen LogP contribution < -0.4 is 0 Å². The highest BCUT2D eigenvalue weighted by atomic mass is 16.3. The molecule has 0 amide bonds. The average molecular weight is 342 g/mol. The third-order valence-corrected chi connectivity index (χ3v) is 5.33. The van der Waals surface area contributed by atoms with E-state index in [-0.39, 0.29) is 6.04 Å². The third kappa shape index (κ3) is 3.05. The SMILES string of the molecule is N#Cc1ccc([C@@H](c2c(O)ccc3ccccc23)N2CCCCC2)cc1. The zero-order valence-electron chi connectivity index (χ0n) is 14.7. The topological polar surface area (TPSA) is 47.3 Å². The fraction of sp³-hybridized carbons (Fsp3) is 0.261. The van der Waals surface area contributed by atoms with Crippen molar-refractivity contribution in [3.8, 4) is 11.8 Å². The number of nitrogens with zero attached hydrogens (tertiary/aromatic N) is 2. The summed E-state index contributed by atoms with van der Waals surface area (Å²) >= 11 is 0. The van der Waals surface area contributed by atoms with Crippen molar-refractivity contribution >= 4 is 10.8 Å². The van der Waals surface area contributed by atoms with E-state index in [4.69, 9.17) is 5.26 Å². The van der Waals surface area contributed by atoms with Gasteiger partial charge in [0.05, 0.1) is 17.7 Å². The zero-order valence-corrected chi connectivity index (χ0v) is 14.7. The van der Waals surface area contributed by atoms with Crippen molar-refractivity contribution in [3.63, 3.8) is 0 Å². The maximum absolute atomic E-state index is 10.8. The molecular weight excluding hydrogens is 320 g/mol. The van der Waals surface area contributed by atoms with Crippen LogP contribution in [0.4, 0.5) is 0 Å². The van der Waals surface area contributed by atoms with Gasteiger partial charge >= 0.3 is 0 Å². The normalized spacial score (nSPS) is 16.3. The van der Waals surface area contributed by atoms with Gasteiger partial charge in [0.2, 0.25) is 0 Å². The lowest BCUT2D eigenvalue weighted by Crippen LogP contribution is -2.34. The molecule has 1 aliphatic heterocycles. The van der Waals surface area contributed by atoms with Crippen molar-refractivity contribution in [1.29, 1.82) is 5.26 Å². The number of fused-ring (bicyclic) bond motifs is 1. The molecular formula is C23H22N2O. The van der Waals surface area contributed by atoms with Crippen LogP contribution in [0.25, 0.3) is 10.8 Å². The molecule has 0 unspecified atom stereocenters. The van der Waals surface area contributed by atoms with E-state index in [0.29, 0.717) is 11.3 Å². The molecule has 1 aliphatic rings. The van der Waals surface area contributed by atoms with Crippen molar-refractivity contribution in [3.05, 3.63) is 77.4 Å². The number of piperidine rings is 1. The van der Waals surface area contributed by atoms with Crippen molar-refractivity contribution < 1.29 is 5.11 Å². The molecule has 0 radical (unpaired) electrons. The Morgan fingerprint density at radius 2 is 1.62 bits per heavy atom. The van der Waals surface area contributed by atoms with Crippen LogP contribution >= 0.6 is 0 Å². The highest BCUT2D eigenvalue weighted by Gasteiger charge is 2.27. The minimum absolute atomic E-state index is 0.00542. The number of nitriles is 1. The second kappa shape index (κ2) is 7.19. The number of phenolic OH excluding ortho intramolecular Hbond substituents is 1. The van der Waals surface area contributed by atoms with Gasteiger partial charge in [-0.1, -0.05) is 48.9 Å². The van der Waals surface area contributed by atoms with E-state index < -0.39 is 0 Å². The number of rotatable bonds is 3. The number of phenols is 1. The van der Waals surface area contributed by atoms with Crippen molar-refractivity contribution in [2.75, 3.05) is 13.1 Å². The van der Waals surface area contributed by atoms with Crippen LogP contribution in [0.2, 0.25) is 0 Å². The first-order chi connectivity index (χ1) is 12.8. The standard InChI is InChI=1S/C23H22N2O/c24-16-17-8-10-19(11-9-17)23(25-14-4-1-5-15-25)22-20-7-3-2-6-18(20)12-13-21(22)26/h2-3,6-13,23,26H,1,4-5,14-15H2/t23-/m0/s1. The smallest absolute Gasteiger partial charge is 0.121 e. The van der Waals surface area contributed by atoms with Crippen LogP contribution in [0.15, 0.2) is 60.7 Å². The van der Waals surface area contributed by atoms with Gasteiger partial charge in [0.15, 0.2) is 0 Å². The minimum atomic E-state index is -0.00542. The molecule has 3 aromatic carbocycles. The lowest BCUT2D eigenvalue weighted by Gasteiger charge is -2.36. The predicted octanol–water partition coefficient (Wildman–Crippen LogP) is 4.99. The molecule has 26 heavy (non-hydrogen) atoms. The average Bonchev–Trinajstić information content (AvgIpc) is 2.71. The van der Waals surface area contributed by atoms with Crippen LogP contribution in [0.5, 0.6) is 5.75 Å².